The second-order valence-electron chi connectivity index (χ2n) is 4.34. The summed E-state index contributed by atoms with van der Waals surface area (Å²) in [6.07, 6.45) is 3.42. The first-order chi connectivity index (χ1) is 9.29. The fraction of sp³-hybridized carbons (Fsp3) is 0.600. The quantitative estimate of drug-likeness (QED) is 0.487. The number of benzene rings is 1. The monoisotopic (exact) mass is 282 g/mol. The molecule has 108 valence electrons. The van der Waals surface area contributed by atoms with E-state index < -0.39 is 8.80 Å². The van der Waals surface area contributed by atoms with Gasteiger partial charge >= 0.3 is 8.80 Å². The first-order valence-electron chi connectivity index (χ1n) is 7.26. The van der Waals surface area contributed by atoms with Crippen LogP contribution in [0, 0.1) is 0 Å². The topological polar surface area (TPSA) is 27.7 Å². The molecule has 0 aromatic heterocycles. The van der Waals surface area contributed by atoms with Crippen molar-refractivity contribution in [1.29, 1.82) is 0 Å². The van der Waals surface area contributed by atoms with Crippen LogP contribution < -0.4 is 5.19 Å². The number of hydrogen-bond donors (Lipinski definition) is 0. The Morgan fingerprint density at radius 3 is 2.00 bits per heavy atom. The Balaban J connectivity index is 2.81. The first-order valence-corrected chi connectivity index (χ1v) is 8.99. The Bertz CT molecular complexity index is 323. The van der Waals surface area contributed by atoms with Crippen molar-refractivity contribution in [3.63, 3.8) is 0 Å². The summed E-state index contributed by atoms with van der Waals surface area (Å²) in [5.41, 5.74) is 0. The molecule has 0 aliphatic carbocycles. The van der Waals surface area contributed by atoms with E-state index in [1.165, 1.54) is 12.8 Å². The maximum atomic E-state index is 6.09. The Hall–Kier alpha value is -0.683. The zero-order valence-electron chi connectivity index (χ0n) is 12.4. The fourth-order valence-corrected chi connectivity index (χ4v) is 4.48. The molecule has 0 unspecified atom stereocenters. The lowest BCUT2D eigenvalue weighted by atomic mass is 10.3. The summed E-state index contributed by atoms with van der Waals surface area (Å²) in [6, 6.07) is 10.1. The molecule has 0 saturated carbocycles. The Morgan fingerprint density at radius 2 is 1.47 bits per heavy atom. The predicted octanol–water partition coefficient (Wildman–Crippen LogP) is 3.11. The predicted molar refractivity (Wildman–Crippen MR) is 80.6 cm³/mol. The molecule has 0 bridgehead atoms. The van der Waals surface area contributed by atoms with Crippen molar-refractivity contribution in [2.24, 2.45) is 0 Å². The zero-order chi connectivity index (χ0) is 14.0. The number of unbranched alkanes of at least 4 members (excludes halogenated alkanes) is 2. The second-order valence-corrected chi connectivity index (χ2v) is 6.90. The van der Waals surface area contributed by atoms with E-state index in [0.717, 1.165) is 11.6 Å². The van der Waals surface area contributed by atoms with E-state index in [4.69, 9.17) is 13.3 Å². The third-order valence-corrected chi connectivity index (χ3v) is 5.80. The van der Waals surface area contributed by atoms with Crippen molar-refractivity contribution in [3.8, 4) is 0 Å². The van der Waals surface area contributed by atoms with Gasteiger partial charge in [0.2, 0.25) is 0 Å². The maximum Gasteiger partial charge on any atom is 0.537 e. The summed E-state index contributed by atoms with van der Waals surface area (Å²) in [4.78, 5) is 0. The molecule has 4 heteroatoms. The highest BCUT2D eigenvalue weighted by Gasteiger charge is 2.43. The summed E-state index contributed by atoms with van der Waals surface area (Å²) in [5.74, 6) is 0. The van der Waals surface area contributed by atoms with Crippen LogP contribution in [0.25, 0.3) is 0 Å². The van der Waals surface area contributed by atoms with Crippen LogP contribution in [0.5, 0.6) is 0 Å². The fourth-order valence-electron chi connectivity index (χ4n) is 1.96. The van der Waals surface area contributed by atoms with Gasteiger partial charge in [-0.15, -0.1) is 0 Å². The summed E-state index contributed by atoms with van der Waals surface area (Å²) in [7, 11) is -2.72. The molecule has 0 N–H and O–H groups in total. The highest BCUT2D eigenvalue weighted by Crippen LogP contribution is 2.12. The van der Waals surface area contributed by atoms with Crippen molar-refractivity contribution >= 4 is 14.0 Å². The summed E-state index contributed by atoms with van der Waals surface area (Å²) in [5, 5.41) is 1.05. The van der Waals surface area contributed by atoms with Crippen LogP contribution in [0.1, 0.15) is 40.0 Å². The zero-order valence-corrected chi connectivity index (χ0v) is 13.4. The third kappa shape index (κ3) is 5.07. The largest absolute Gasteiger partial charge is 0.537 e. The van der Waals surface area contributed by atoms with Crippen molar-refractivity contribution in [3.05, 3.63) is 30.3 Å². The normalized spacial score (nSPS) is 11.7. The molecule has 0 radical (unpaired) electrons. The Labute approximate surface area is 118 Å². The molecular formula is C15H26O3Si. The van der Waals surface area contributed by atoms with Crippen LogP contribution in [0.4, 0.5) is 0 Å². The summed E-state index contributed by atoms with van der Waals surface area (Å²) in [6.45, 7) is 8.07. The van der Waals surface area contributed by atoms with Crippen LogP contribution in [0.2, 0.25) is 0 Å². The van der Waals surface area contributed by atoms with Crippen molar-refractivity contribution in [1.82, 2.24) is 0 Å². The van der Waals surface area contributed by atoms with Gasteiger partial charge in [-0.3, -0.25) is 0 Å². The van der Waals surface area contributed by atoms with E-state index >= 15 is 0 Å². The molecule has 0 aliphatic heterocycles. The van der Waals surface area contributed by atoms with Gasteiger partial charge < -0.3 is 13.3 Å². The van der Waals surface area contributed by atoms with Crippen molar-refractivity contribution < 1.29 is 13.3 Å². The SMILES string of the molecule is CCCCCO[Si](OCC)(OCC)c1ccccc1. The molecule has 0 aliphatic rings. The van der Waals surface area contributed by atoms with E-state index in [1.54, 1.807) is 0 Å². The molecule has 0 fully saturated rings. The van der Waals surface area contributed by atoms with Gasteiger partial charge in [0.25, 0.3) is 0 Å². The standard InChI is InChI=1S/C15H26O3Si/c1-4-7-11-14-18-19(16-5-2,17-6-3)15-12-9-8-10-13-15/h8-10,12-13H,4-7,11,14H2,1-3H3. The molecular weight excluding hydrogens is 256 g/mol. The highest BCUT2D eigenvalue weighted by atomic mass is 28.4. The number of rotatable bonds is 10. The molecule has 3 nitrogen and oxygen atoms in total. The second kappa shape index (κ2) is 9.26. The molecule has 0 heterocycles. The van der Waals surface area contributed by atoms with E-state index in [9.17, 15) is 0 Å². The molecule has 0 atom stereocenters. The lowest BCUT2D eigenvalue weighted by Crippen LogP contribution is -2.57. The first kappa shape index (κ1) is 16.4. The van der Waals surface area contributed by atoms with Crippen LogP contribution in [-0.4, -0.2) is 28.6 Å². The molecule has 1 rings (SSSR count). The lowest BCUT2D eigenvalue weighted by molar-refractivity contribution is 0.0800. The van der Waals surface area contributed by atoms with Crippen LogP contribution >= 0.6 is 0 Å². The van der Waals surface area contributed by atoms with Gasteiger partial charge in [-0.25, -0.2) is 0 Å². The van der Waals surface area contributed by atoms with Gasteiger partial charge in [0.05, 0.1) is 0 Å². The van der Waals surface area contributed by atoms with Crippen LogP contribution in [-0.2, 0) is 13.3 Å². The third-order valence-electron chi connectivity index (χ3n) is 2.84. The smallest absolute Gasteiger partial charge is 0.370 e. The molecule has 1 aromatic rings. The van der Waals surface area contributed by atoms with Crippen molar-refractivity contribution in [2.75, 3.05) is 19.8 Å². The van der Waals surface area contributed by atoms with Gasteiger partial charge in [0.15, 0.2) is 0 Å². The lowest BCUT2D eigenvalue weighted by Gasteiger charge is -2.29. The minimum atomic E-state index is -2.72. The average molecular weight is 282 g/mol. The minimum Gasteiger partial charge on any atom is -0.370 e. The summed E-state index contributed by atoms with van der Waals surface area (Å²) < 4.78 is 18.0. The van der Waals surface area contributed by atoms with Gasteiger partial charge in [0.1, 0.15) is 0 Å². The molecule has 1 aromatic carbocycles. The van der Waals surface area contributed by atoms with Gasteiger partial charge in [-0.05, 0) is 20.3 Å². The Kier molecular flexibility index (Phi) is 7.98. The molecule has 0 amide bonds. The minimum absolute atomic E-state index is 0.606. The van der Waals surface area contributed by atoms with Gasteiger partial charge in [-0.1, -0.05) is 50.1 Å². The average Bonchev–Trinajstić information content (AvgIpc) is 2.45. The van der Waals surface area contributed by atoms with E-state index in [2.05, 4.69) is 6.92 Å². The van der Waals surface area contributed by atoms with E-state index in [0.29, 0.717) is 19.8 Å². The number of hydrogen-bond acceptors (Lipinski definition) is 3. The van der Waals surface area contributed by atoms with Crippen LogP contribution in [0.15, 0.2) is 30.3 Å². The molecule has 0 spiro atoms. The molecule has 0 saturated heterocycles. The Morgan fingerprint density at radius 1 is 0.842 bits per heavy atom. The summed E-state index contributed by atoms with van der Waals surface area (Å²) >= 11 is 0. The molecule has 19 heavy (non-hydrogen) atoms. The van der Waals surface area contributed by atoms with E-state index in [1.807, 2.05) is 44.2 Å². The van der Waals surface area contributed by atoms with Crippen LogP contribution in [0.3, 0.4) is 0 Å². The maximum absolute atomic E-state index is 6.09. The highest BCUT2D eigenvalue weighted by molar-refractivity contribution is 6.75. The van der Waals surface area contributed by atoms with E-state index in [-0.39, 0.29) is 0 Å². The van der Waals surface area contributed by atoms with Gasteiger partial charge in [-0.2, -0.15) is 0 Å². The van der Waals surface area contributed by atoms with Gasteiger partial charge in [0, 0.05) is 25.0 Å². The van der Waals surface area contributed by atoms with Crippen molar-refractivity contribution in [2.45, 2.75) is 40.0 Å².